The van der Waals surface area contributed by atoms with Gasteiger partial charge >= 0.3 is 0 Å². The first-order chi connectivity index (χ1) is 7.74. The number of Topliss-reactive ketones (excluding diaryl/α,β-unsaturated/α-hetero) is 1. The van der Waals surface area contributed by atoms with Crippen molar-refractivity contribution >= 4 is 17.5 Å². The Morgan fingerprint density at radius 1 is 1.38 bits per heavy atom. The molecule has 0 aliphatic heterocycles. The summed E-state index contributed by atoms with van der Waals surface area (Å²) in [5.41, 5.74) is 1.22. The lowest BCUT2D eigenvalue weighted by Crippen LogP contribution is -2.11. The van der Waals surface area contributed by atoms with Crippen LogP contribution in [0.4, 0.5) is 0 Å². The van der Waals surface area contributed by atoms with E-state index in [0.29, 0.717) is 12.4 Å². The molecule has 88 valence electrons. The Morgan fingerprint density at radius 2 is 2.12 bits per heavy atom. The number of carbonyl (C=O) groups is 1. The van der Waals surface area contributed by atoms with Crippen LogP contribution in [0.5, 0.6) is 0 Å². The molecule has 0 radical (unpaired) electrons. The fourth-order valence-corrected chi connectivity index (χ4v) is 2.12. The second-order valence-corrected chi connectivity index (χ2v) is 4.66. The molecule has 0 spiro atoms. The van der Waals surface area contributed by atoms with Crippen molar-refractivity contribution in [2.75, 3.05) is 19.0 Å². The first kappa shape index (κ1) is 13.3. The van der Waals surface area contributed by atoms with E-state index in [4.69, 9.17) is 4.74 Å². The third kappa shape index (κ3) is 4.81. The average molecular weight is 238 g/mol. The number of thioether (sulfide) groups is 1. The van der Waals surface area contributed by atoms with Crippen LogP contribution in [0.2, 0.25) is 0 Å². The number of hydrogen-bond donors (Lipinski definition) is 0. The Hall–Kier alpha value is -0.800. The van der Waals surface area contributed by atoms with Crippen LogP contribution in [0.3, 0.4) is 0 Å². The van der Waals surface area contributed by atoms with Gasteiger partial charge < -0.3 is 4.74 Å². The second kappa shape index (κ2) is 7.47. The molecule has 16 heavy (non-hydrogen) atoms. The van der Waals surface area contributed by atoms with Crippen molar-refractivity contribution < 1.29 is 9.53 Å². The third-order valence-corrected chi connectivity index (χ3v) is 3.33. The van der Waals surface area contributed by atoms with Crippen LogP contribution in [0, 0.1) is 6.92 Å². The number of ketones is 1. The highest BCUT2D eigenvalue weighted by Gasteiger charge is 2.04. The van der Waals surface area contributed by atoms with Crippen LogP contribution in [-0.4, -0.2) is 24.7 Å². The Morgan fingerprint density at radius 3 is 2.81 bits per heavy atom. The first-order valence-corrected chi connectivity index (χ1v) is 6.50. The summed E-state index contributed by atoms with van der Waals surface area (Å²) in [6, 6.07) is 8.10. The molecule has 0 heterocycles. The summed E-state index contributed by atoms with van der Waals surface area (Å²) in [5.74, 6) is 0.649. The van der Waals surface area contributed by atoms with Gasteiger partial charge in [0, 0.05) is 11.5 Å². The number of rotatable bonds is 7. The van der Waals surface area contributed by atoms with E-state index >= 15 is 0 Å². The summed E-state index contributed by atoms with van der Waals surface area (Å²) in [5, 5.41) is 0. The van der Waals surface area contributed by atoms with E-state index in [1.807, 2.05) is 25.1 Å². The molecule has 0 aliphatic carbocycles. The lowest BCUT2D eigenvalue weighted by Gasteiger charge is -2.04. The van der Waals surface area contributed by atoms with Gasteiger partial charge in [0.25, 0.3) is 0 Å². The second-order valence-electron chi connectivity index (χ2n) is 3.65. The minimum Gasteiger partial charge on any atom is -0.374 e. The smallest absolute Gasteiger partial charge is 0.168 e. The van der Waals surface area contributed by atoms with E-state index < -0.39 is 0 Å². The molecule has 2 nitrogen and oxygen atoms in total. The van der Waals surface area contributed by atoms with Crippen molar-refractivity contribution in [1.29, 1.82) is 0 Å². The summed E-state index contributed by atoms with van der Waals surface area (Å²) in [7, 11) is 0. The molecule has 1 aromatic rings. The van der Waals surface area contributed by atoms with Gasteiger partial charge in [0.05, 0.1) is 5.75 Å². The predicted molar refractivity (Wildman–Crippen MR) is 68.0 cm³/mol. The number of hydrogen-bond acceptors (Lipinski definition) is 3. The Balaban J connectivity index is 2.29. The van der Waals surface area contributed by atoms with Gasteiger partial charge in [0.15, 0.2) is 5.78 Å². The number of ether oxygens (including phenoxy) is 1. The molecule has 0 amide bonds. The van der Waals surface area contributed by atoms with Gasteiger partial charge in [-0.05, 0) is 25.0 Å². The highest BCUT2D eigenvalue weighted by molar-refractivity contribution is 8.00. The zero-order valence-electron chi connectivity index (χ0n) is 9.86. The number of aryl methyl sites for hydroxylation is 1. The van der Waals surface area contributed by atoms with Crippen molar-refractivity contribution in [3.05, 3.63) is 29.8 Å². The quantitative estimate of drug-likeness (QED) is 0.539. The maximum absolute atomic E-state index is 11.5. The Bertz CT molecular complexity index is 336. The fourth-order valence-electron chi connectivity index (χ4n) is 1.25. The molecule has 0 fully saturated rings. The molecule has 0 bridgehead atoms. The van der Waals surface area contributed by atoms with Crippen molar-refractivity contribution in [3.8, 4) is 0 Å². The summed E-state index contributed by atoms with van der Waals surface area (Å²) in [6.07, 6.45) is 0.957. The topological polar surface area (TPSA) is 26.3 Å². The molecular weight excluding hydrogens is 220 g/mol. The zero-order chi connectivity index (χ0) is 11.8. The van der Waals surface area contributed by atoms with Gasteiger partial charge in [0.2, 0.25) is 0 Å². The SMILES string of the molecule is CCCOCC(=O)CSc1ccccc1C. The maximum atomic E-state index is 11.5. The first-order valence-electron chi connectivity index (χ1n) is 5.52. The lowest BCUT2D eigenvalue weighted by molar-refractivity contribution is -0.121. The normalized spacial score (nSPS) is 10.4. The lowest BCUT2D eigenvalue weighted by atomic mass is 10.2. The highest BCUT2D eigenvalue weighted by Crippen LogP contribution is 2.21. The molecule has 0 saturated carbocycles. The van der Waals surface area contributed by atoms with Gasteiger partial charge in [0.1, 0.15) is 6.61 Å². The van der Waals surface area contributed by atoms with Gasteiger partial charge in [-0.15, -0.1) is 11.8 Å². The fraction of sp³-hybridized carbons (Fsp3) is 0.462. The Kier molecular flexibility index (Phi) is 6.19. The molecule has 0 saturated heterocycles. The molecule has 1 rings (SSSR count). The summed E-state index contributed by atoms with van der Waals surface area (Å²) in [4.78, 5) is 12.6. The van der Waals surface area contributed by atoms with Gasteiger partial charge in [-0.3, -0.25) is 4.79 Å². The Labute approximate surface area is 101 Å². The molecule has 1 aromatic carbocycles. The minimum atomic E-state index is 0.154. The van der Waals surface area contributed by atoms with E-state index in [2.05, 4.69) is 13.0 Å². The van der Waals surface area contributed by atoms with Crippen LogP contribution < -0.4 is 0 Å². The summed E-state index contributed by atoms with van der Waals surface area (Å²) < 4.78 is 5.20. The van der Waals surface area contributed by atoms with Crippen LogP contribution in [0.25, 0.3) is 0 Å². The largest absolute Gasteiger partial charge is 0.374 e. The van der Waals surface area contributed by atoms with E-state index in [-0.39, 0.29) is 12.4 Å². The average Bonchev–Trinajstić information content (AvgIpc) is 2.28. The predicted octanol–water partition coefficient (Wildman–Crippen LogP) is 3.08. The van der Waals surface area contributed by atoms with Crippen LogP contribution in [0.15, 0.2) is 29.2 Å². The third-order valence-electron chi connectivity index (χ3n) is 2.09. The summed E-state index contributed by atoms with van der Waals surface area (Å²) >= 11 is 1.58. The van der Waals surface area contributed by atoms with Crippen molar-refractivity contribution in [2.24, 2.45) is 0 Å². The maximum Gasteiger partial charge on any atom is 0.168 e. The molecule has 0 atom stereocenters. The molecule has 0 aliphatic rings. The van der Waals surface area contributed by atoms with E-state index in [1.54, 1.807) is 11.8 Å². The zero-order valence-corrected chi connectivity index (χ0v) is 10.7. The molecule has 0 aromatic heterocycles. The standard InChI is InChI=1S/C13H18O2S/c1-3-8-15-9-12(14)10-16-13-7-5-4-6-11(13)2/h4-7H,3,8-10H2,1-2H3. The monoisotopic (exact) mass is 238 g/mol. The highest BCUT2D eigenvalue weighted by atomic mass is 32.2. The number of carbonyl (C=O) groups excluding carboxylic acids is 1. The molecule has 0 N–H and O–H groups in total. The van der Waals surface area contributed by atoms with E-state index in [1.165, 1.54) is 10.5 Å². The number of benzene rings is 1. The van der Waals surface area contributed by atoms with Gasteiger partial charge in [-0.25, -0.2) is 0 Å². The molecule has 0 unspecified atom stereocenters. The van der Waals surface area contributed by atoms with Crippen LogP contribution >= 0.6 is 11.8 Å². The van der Waals surface area contributed by atoms with E-state index in [9.17, 15) is 4.79 Å². The van der Waals surface area contributed by atoms with E-state index in [0.717, 1.165) is 6.42 Å². The van der Waals surface area contributed by atoms with Crippen LogP contribution in [0.1, 0.15) is 18.9 Å². The molecule has 3 heteroatoms. The molecular formula is C13H18O2S. The van der Waals surface area contributed by atoms with Crippen molar-refractivity contribution in [2.45, 2.75) is 25.2 Å². The summed E-state index contributed by atoms with van der Waals surface area (Å²) in [6.45, 7) is 5.00. The minimum absolute atomic E-state index is 0.154. The van der Waals surface area contributed by atoms with Gasteiger partial charge in [-0.1, -0.05) is 25.1 Å². The van der Waals surface area contributed by atoms with Crippen molar-refractivity contribution in [1.82, 2.24) is 0 Å². The van der Waals surface area contributed by atoms with Crippen molar-refractivity contribution in [3.63, 3.8) is 0 Å². The van der Waals surface area contributed by atoms with Gasteiger partial charge in [-0.2, -0.15) is 0 Å². The van der Waals surface area contributed by atoms with Crippen LogP contribution in [-0.2, 0) is 9.53 Å².